The first-order chi connectivity index (χ1) is 22.6. The maximum absolute atomic E-state index is 13.5. The molecule has 11 nitrogen and oxygen atoms in total. The van der Waals surface area contributed by atoms with E-state index in [4.69, 9.17) is 23.7 Å². The molecule has 4 rings (SSSR count). The van der Waals surface area contributed by atoms with Crippen LogP contribution in [0.15, 0.2) is 66.5 Å². The highest BCUT2D eigenvalue weighted by molar-refractivity contribution is 6.01. The molecule has 2 N–H and O–H groups in total. The van der Waals surface area contributed by atoms with Crippen molar-refractivity contribution in [3.05, 3.63) is 83.1 Å². The Bertz CT molecular complexity index is 1580. The van der Waals surface area contributed by atoms with Crippen molar-refractivity contribution in [3.8, 4) is 11.5 Å². The van der Waals surface area contributed by atoms with Gasteiger partial charge in [-0.15, -0.1) is 0 Å². The summed E-state index contributed by atoms with van der Waals surface area (Å²) in [5, 5.41) is 5.37. The number of fused-ring (bicyclic) bond motifs is 2. The van der Waals surface area contributed by atoms with E-state index in [2.05, 4.69) is 10.6 Å². The van der Waals surface area contributed by atoms with Gasteiger partial charge in [0.05, 0.1) is 24.2 Å². The van der Waals surface area contributed by atoms with Gasteiger partial charge in [-0.1, -0.05) is 30.3 Å². The number of ether oxygens (including phenoxy) is 5. The van der Waals surface area contributed by atoms with Crippen LogP contribution in [-0.4, -0.2) is 61.4 Å². The molecule has 258 valence electrons. The molecule has 2 aromatic rings. The Morgan fingerprint density at radius 3 is 2.12 bits per heavy atom. The highest BCUT2D eigenvalue weighted by Gasteiger charge is 2.47. The summed E-state index contributed by atoms with van der Waals surface area (Å²) in [6, 6.07) is 12.8. The Kier molecular flexibility index (Phi) is 11.2. The predicted molar refractivity (Wildman–Crippen MR) is 179 cm³/mol. The van der Waals surface area contributed by atoms with Crippen molar-refractivity contribution in [2.75, 3.05) is 26.3 Å². The molecule has 2 atom stereocenters. The molecule has 11 heteroatoms. The van der Waals surface area contributed by atoms with Crippen LogP contribution < -0.4 is 20.1 Å². The number of carbonyl (C=O) groups excluding carboxylic acids is 4. The molecule has 0 saturated heterocycles. The van der Waals surface area contributed by atoms with Gasteiger partial charge < -0.3 is 34.3 Å². The Morgan fingerprint density at radius 2 is 1.48 bits per heavy atom. The first kappa shape index (κ1) is 36.0. The minimum Gasteiger partial charge on any atom is -0.493 e. The van der Waals surface area contributed by atoms with Crippen LogP contribution in [0.4, 0.5) is 9.59 Å². The standard InChI is InChI=1S/C37H46N2O9/c1-35(2,3)47-33(42)38-18-10-20-44-25-14-15-28-29(23-25)46-30-22-24(40)16-17-37(30,7)31(28)26-12-8-9-13-27(26)32(41)45-21-11-19-39-34(43)48-36(4,5)6/h8-9,12-17,22-23,31H,10-11,18-21H2,1-7H3,(H,38,42)(H,39,43). The Hall–Kier alpha value is -4.80. The number of allylic oxidation sites excluding steroid dienone is 3. The predicted octanol–water partition coefficient (Wildman–Crippen LogP) is 6.61. The van der Waals surface area contributed by atoms with Gasteiger partial charge in [0, 0.05) is 36.7 Å². The zero-order chi connectivity index (χ0) is 35.1. The molecule has 0 spiro atoms. The summed E-state index contributed by atoms with van der Waals surface area (Å²) >= 11 is 0. The molecular weight excluding hydrogens is 616 g/mol. The summed E-state index contributed by atoms with van der Waals surface area (Å²) < 4.78 is 28.4. The van der Waals surface area contributed by atoms with Crippen molar-refractivity contribution in [2.24, 2.45) is 5.41 Å². The van der Waals surface area contributed by atoms with E-state index in [9.17, 15) is 19.2 Å². The zero-order valence-corrected chi connectivity index (χ0v) is 28.8. The van der Waals surface area contributed by atoms with Crippen LogP contribution in [0, 0.1) is 5.41 Å². The highest BCUT2D eigenvalue weighted by atomic mass is 16.6. The minimum atomic E-state index is -0.773. The van der Waals surface area contributed by atoms with Gasteiger partial charge in [-0.05, 0) is 85.1 Å². The molecule has 2 amide bonds. The number of esters is 1. The number of rotatable bonds is 11. The van der Waals surface area contributed by atoms with E-state index in [0.717, 1.165) is 5.56 Å². The van der Waals surface area contributed by atoms with Crippen molar-refractivity contribution in [2.45, 2.75) is 78.4 Å². The summed E-state index contributed by atoms with van der Waals surface area (Å²) in [4.78, 5) is 49.7. The second kappa shape index (κ2) is 15.0. The number of hydrogen-bond acceptors (Lipinski definition) is 9. The lowest BCUT2D eigenvalue weighted by molar-refractivity contribution is -0.110. The van der Waals surface area contributed by atoms with Gasteiger partial charge in [-0.25, -0.2) is 14.4 Å². The van der Waals surface area contributed by atoms with Crippen LogP contribution in [0.1, 0.15) is 88.7 Å². The minimum absolute atomic E-state index is 0.0954. The molecule has 0 saturated carbocycles. The van der Waals surface area contributed by atoms with Crippen LogP contribution in [0.3, 0.4) is 0 Å². The van der Waals surface area contributed by atoms with Gasteiger partial charge in [0.15, 0.2) is 5.78 Å². The molecule has 0 fully saturated rings. The van der Waals surface area contributed by atoms with Gasteiger partial charge >= 0.3 is 18.2 Å². The van der Waals surface area contributed by atoms with E-state index in [0.29, 0.717) is 54.4 Å². The molecule has 1 heterocycles. The maximum atomic E-state index is 13.5. The second-order valence-electron chi connectivity index (χ2n) is 13.9. The Labute approximate surface area is 282 Å². The van der Waals surface area contributed by atoms with Gasteiger partial charge in [0.1, 0.15) is 28.5 Å². The number of amides is 2. The van der Waals surface area contributed by atoms with Crippen molar-refractivity contribution in [3.63, 3.8) is 0 Å². The number of carbonyl (C=O) groups is 4. The third kappa shape index (κ3) is 9.62. The summed E-state index contributed by atoms with van der Waals surface area (Å²) in [6.45, 7) is 13.8. The van der Waals surface area contributed by atoms with E-state index in [-0.39, 0.29) is 18.9 Å². The quantitative estimate of drug-likeness (QED) is 0.155. The highest BCUT2D eigenvalue weighted by Crippen LogP contribution is 2.56. The van der Waals surface area contributed by atoms with Crippen LogP contribution in [0.5, 0.6) is 11.5 Å². The third-order valence-electron chi connectivity index (χ3n) is 7.49. The van der Waals surface area contributed by atoms with Crippen molar-refractivity contribution < 1.29 is 42.9 Å². The Morgan fingerprint density at radius 1 is 0.854 bits per heavy atom. The van der Waals surface area contributed by atoms with Crippen molar-refractivity contribution >= 4 is 23.9 Å². The van der Waals surface area contributed by atoms with Gasteiger partial charge in [0.2, 0.25) is 0 Å². The fourth-order valence-corrected chi connectivity index (χ4v) is 5.43. The van der Waals surface area contributed by atoms with Gasteiger partial charge in [0.25, 0.3) is 0 Å². The average Bonchev–Trinajstić information content (AvgIpc) is 2.98. The summed E-state index contributed by atoms with van der Waals surface area (Å²) in [7, 11) is 0. The summed E-state index contributed by atoms with van der Waals surface area (Å²) in [5.41, 5.74) is -0.0346. The largest absolute Gasteiger partial charge is 0.493 e. The third-order valence-corrected chi connectivity index (χ3v) is 7.49. The van der Waals surface area contributed by atoms with Crippen LogP contribution >= 0.6 is 0 Å². The van der Waals surface area contributed by atoms with Crippen molar-refractivity contribution in [1.29, 1.82) is 0 Å². The monoisotopic (exact) mass is 662 g/mol. The molecule has 1 aliphatic carbocycles. The molecule has 2 aliphatic rings. The first-order valence-electron chi connectivity index (χ1n) is 16.2. The van der Waals surface area contributed by atoms with Gasteiger partial charge in [-0.3, -0.25) is 4.79 Å². The summed E-state index contributed by atoms with van der Waals surface area (Å²) in [6.07, 6.45) is 4.76. The lowest BCUT2D eigenvalue weighted by atomic mass is 9.64. The van der Waals surface area contributed by atoms with Crippen LogP contribution in [-0.2, 0) is 19.0 Å². The SMILES string of the molecule is CC(C)(C)OC(=O)NCCCOC(=O)c1ccccc1C1c2ccc(OCCCNC(=O)OC(C)(C)C)cc2OC2=CC(=O)C=CC21C. The van der Waals surface area contributed by atoms with E-state index < -0.39 is 40.7 Å². The molecule has 0 bridgehead atoms. The number of benzene rings is 2. The van der Waals surface area contributed by atoms with E-state index in [1.807, 2.05) is 37.3 Å². The molecule has 1 aliphatic heterocycles. The van der Waals surface area contributed by atoms with Crippen molar-refractivity contribution in [1.82, 2.24) is 10.6 Å². The first-order valence-corrected chi connectivity index (χ1v) is 16.2. The molecule has 48 heavy (non-hydrogen) atoms. The summed E-state index contributed by atoms with van der Waals surface area (Å²) in [5.74, 6) is 0.430. The number of hydrogen-bond donors (Lipinski definition) is 2. The number of nitrogens with one attached hydrogen (secondary N) is 2. The molecular formula is C37H46N2O9. The van der Waals surface area contributed by atoms with E-state index in [1.165, 1.54) is 12.2 Å². The fraction of sp³-hybridized carbons (Fsp3) is 0.459. The smallest absolute Gasteiger partial charge is 0.407 e. The maximum Gasteiger partial charge on any atom is 0.407 e. The number of ketones is 1. The lowest BCUT2D eigenvalue weighted by Gasteiger charge is -2.43. The number of alkyl carbamates (subject to hydrolysis) is 2. The normalized spacial score (nSPS) is 18.4. The topological polar surface area (TPSA) is 138 Å². The molecule has 0 radical (unpaired) electrons. The molecule has 0 aromatic heterocycles. The lowest BCUT2D eigenvalue weighted by Crippen LogP contribution is -2.36. The van der Waals surface area contributed by atoms with E-state index >= 15 is 0 Å². The average molecular weight is 663 g/mol. The van der Waals surface area contributed by atoms with Crippen LogP contribution in [0.25, 0.3) is 0 Å². The molecule has 2 aromatic carbocycles. The molecule has 2 unspecified atom stereocenters. The fourth-order valence-electron chi connectivity index (χ4n) is 5.43. The van der Waals surface area contributed by atoms with Gasteiger partial charge in [-0.2, -0.15) is 0 Å². The van der Waals surface area contributed by atoms with E-state index in [1.54, 1.807) is 59.7 Å². The Balaban J connectivity index is 1.48. The van der Waals surface area contributed by atoms with Crippen LogP contribution in [0.2, 0.25) is 0 Å². The second-order valence-corrected chi connectivity index (χ2v) is 13.9. The zero-order valence-electron chi connectivity index (χ0n) is 28.8.